The highest BCUT2D eigenvalue weighted by molar-refractivity contribution is 8.00. The second kappa shape index (κ2) is 8.49. The minimum Gasteiger partial charge on any atom is -0.324 e. The number of aromatic nitrogens is 4. The lowest BCUT2D eigenvalue weighted by Crippen LogP contribution is -2.23. The maximum Gasteiger partial charge on any atom is 0.237 e. The van der Waals surface area contributed by atoms with Gasteiger partial charge in [0.1, 0.15) is 5.82 Å². The Morgan fingerprint density at radius 2 is 2.04 bits per heavy atom. The number of benzene rings is 1. The normalized spacial score (nSPS) is 12.0. The standard InChI is InChI=1S/C18H17ClFN5OS/c1-3-25-16(12-6-8-21-9-7-12)23-24-18(25)27-11(2)17(26)22-15-5-4-13(20)10-14(15)19/h4-11H,3H2,1-2H3,(H,22,26). The molecule has 0 aliphatic heterocycles. The number of nitrogens with one attached hydrogen (secondary N) is 1. The summed E-state index contributed by atoms with van der Waals surface area (Å²) in [5.74, 6) is 0.00122. The van der Waals surface area contributed by atoms with Crippen LogP contribution in [-0.2, 0) is 11.3 Å². The van der Waals surface area contributed by atoms with Gasteiger partial charge in [0, 0.05) is 24.5 Å². The summed E-state index contributed by atoms with van der Waals surface area (Å²) in [7, 11) is 0. The molecule has 0 saturated carbocycles. The quantitative estimate of drug-likeness (QED) is 0.620. The van der Waals surface area contributed by atoms with Crippen LogP contribution in [0.1, 0.15) is 13.8 Å². The van der Waals surface area contributed by atoms with E-state index in [0.717, 1.165) is 17.5 Å². The van der Waals surface area contributed by atoms with E-state index in [9.17, 15) is 9.18 Å². The van der Waals surface area contributed by atoms with E-state index in [-0.39, 0.29) is 10.9 Å². The van der Waals surface area contributed by atoms with Crippen molar-refractivity contribution in [3.8, 4) is 11.4 Å². The first kappa shape index (κ1) is 19.3. The highest BCUT2D eigenvalue weighted by Gasteiger charge is 2.21. The van der Waals surface area contributed by atoms with Crippen molar-refractivity contribution in [2.75, 3.05) is 5.32 Å². The number of hydrogen-bond donors (Lipinski definition) is 1. The van der Waals surface area contributed by atoms with Gasteiger partial charge in [0.2, 0.25) is 5.91 Å². The molecule has 9 heteroatoms. The molecule has 6 nitrogen and oxygen atoms in total. The van der Waals surface area contributed by atoms with Crippen LogP contribution in [-0.4, -0.2) is 30.9 Å². The molecule has 2 aromatic heterocycles. The third kappa shape index (κ3) is 4.45. The van der Waals surface area contributed by atoms with Gasteiger partial charge in [0.25, 0.3) is 0 Å². The fourth-order valence-electron chi connectivity index (χ4n) is 2.41. The molecule has 1 atom stereocenters. The lowest BCUT2D eigenvalue weighted by atomic mass is 10.2. The third-order valence-corrected chi connectivity index (χ3v) is 5.21. The van der Waals surface area contributed by atoms with Gasteiger partial charge in [0.05, 0.1) is 16.0 Å². The van der Waals surface area contributed by atoms with E-state index in [4.69, 9.17) is 11.6 Å². The SMILES string of the molecule is CCn1c(SC(C)C(=O)Nc2ccc(F)cc2Cl)nnc1-c1ccncc1. The molecule has 0 spiro atoms. The van der Waals surface area contributed by atoms with Gasteiger partial charge < -0.3 is 9.88 Å². The maximum atomic E-state index is 13.1. The first-order chi connectivity index (χ1) is 13.0. The molecule has 1 unspecified atom stereocenters. The minimum atomic E-state index is -0.458. The van der Waals surface area contributed by atoms with Crippen LogP contribution in [0.25, 0.3) is 11.4 Å². The monoisotopic (exact) mass is 405 g/mol. The highest BCUT2D eigenvalue weighted by Crippen LogP contribution is 2.28. The van der Waals surface area contributed by atoms with Crippen LogP contribution in [0.15, 0.2) is 47.9 Å². The van der Waals surface area contributed by atoms with Gasteiger partial charge in [-0.25, -0.2) is 4.39 Å². The van der Waals surface area contributed by atoms with Crippen molar-refractivity contribution in [2.45, 2.75) is 30.8 Å². The summed E-state index contributed by atoms with van der Waals surface area (Å²) in [6.45, 7) is 4.41. The topological polar surface area (TPSA) is 72.7 Å². The molecule has 1 amide bonds. The summed E-state index contributed by atoms with van der Waals surface area (Å²) < 4.78 is 15.1. The van der Waals surface area contributed by atoms with Crippen molar-refractivity contribution >= 4 is 35.0 Å². The van der Waals surface area contributed by atoms with Crippen molar-refractivity contribution in [2.24, 2.45) is 0 Å². The molecule has 0 aliphatic carbocycles. The third-order valence-electron chi connectivity index (χ3n) is 3.81. The van der Waals surface area contributed by atoms with E-state index in [1.165, 1.54) is 23.9 Å². The summed E-state index contributed by atoms with van der Waals surface area (Å²) in [6.07, 6.45) is 3.39. The molecule has 0 aliphatic rings. The molecule has 0 bridgehead atoms. The Kier molecular flexibility index (Phi) is 6.08. The summed E-state index contributed by atoms with van der Waals surface area (Å²) in [4.78, 5) is 16.5. The van der Waals surface area contributed by atoms with Gasteiger partial charge in [0.15, 0.2) is 11.0 Å². The molecule has 1 aromatic carbocycles. The van der Waals surface area contributed by atoms with Gasteiger partial charge in [-0.15, -0.1) is 10.2 Å². The number of thioether (sulfide) groups is 1. The number of nitrogens with zero attached hydrogens (tertiary/aromatic N) is 4. The molecule has 3 aromatic rings. The number of amides is 1. The van der Waals surface area contributed by atoms with E-state index >= 15 is 0 Å². The van der Waals surface area contributed by atoms with Crippen molar-refractivity contribution in [1.29, 1.82) is 0 Å². The van der Waals surface area contributed by atoms with E-state index in [0.29, 0.717) is 17.4 Å². The number of halogens is 2. The smallest absolute Gasteiger partial charge is 0.237 e. The van der Waals surface area contributed by atoms with E-state index in [2.05, 4.69) is 20.5 Å². The Hall–Kier alpha value is -2.45. The predicted molar refractivity (Wildman–Crippen MR) is 104 cm³/mol. The Morgan fingerprint density at radius 3 is 2.70 bits per heavy atom. The maximum absolute atomic E-state index is 13.1. The molecular formula is C18H17ClFN5OS. The van der Waals surface area contributed by atoms with Gasteiger partial charge in [-0.1, -0.05) is 23.4 Å². The van der Waals surface area contributed by atoms with Crippen LogP contribution in [0.2, 0.25) is 5.02 Å². The fraction of sp³-hybridized carbons (Fsp3) is 0.222. The lowest BCUT2D eigenvalue weighted by molar-refractivity contribution is -0.115. The first-order valence-corrected chi connectivity index (χ1v) is 9.51. The summed E-state index contributed by atoms with van der Waals surface area (Å²) in [5, 5.41) is 11.5. The molecule has 0 fully saturated rings. The van der Waals surface area contributed by atoms with Gasteiger partial charge >= 0.3 is 0 Å². The second-order valence-electron chi connectivity index (χ2n) is 5.66. The number of carbonyl (C=O) groups excluding carboxylic acids is 1. The zero-order valence-corrected chi connectivity index (χ0v) is 16.3. The van der Waals surface area contributed by atoms with E-state index in [1.54, 1.807) is 19.3 Å². The molecule has 140 valence electrons. The molecule has 27 heavy (non-hydrogen) atoms. The van der Waals surface area contributed by atoms with E-state index in [1.807, 2.05) is 23.6 Å². The number of pyridine rings is 1. The van der Waals surface area contributed by atoms with Crippen molar-refractivity contribution in [1.82, 2.24) is 19.7 Å². The Labute approximate surface area is 165 Å². The highest BCUT2D eigenvalue weighted by atomic mass is 35.5. The van der Waals surface area contributed by atoms with Crippen LogP contribution in [0, 0.1) is 5.82 Å². The van der Waals surface area contributed by atoms with Crippen LogP contribution >= 0.6 is 23.4 Å². The zero-order valence-electron chi connectivity index (χ0n) is 14.7. The second-order valence-corrected chi connectivity index (χ2v) is 7.37. The Bertz CT molecular complexity index is 950. The molecule has 1 N–H and O–H groups in total. The Morgan fingerprint density at radius 1 is 1.30 bits per heavy atom. The van der Waals surface area contributed by atoms with Crippen LogP contribution in [0.5, 0.6) is 0 Å². The largest absolute Gasteiger partial charge is 0.324 e. The van der Waals surface area contributed by atoms with Gasteiger partial charge in [-0.2, -0.15) is 0 Å². The molecule has 3 rings (SSSR count). The van der Waals surface area contributed by atoms with Crippen LogP contribution < -0.4 is 5.32 Å². The molecule has 0 saturated heterocycles. The number of anilines is 1. The van der Waals surface area contributed by atoms with E-state index < -0.39 is 11.1 Å². The first-order valence-electron chi connectivity index (χ1n) is 8.25. The van der Waals surface area contributed by atoms with Crippen LogP contribution in [0.3, 0.4) is 0 Å². The minimum absolute atomic E-state index is 0.150. The predicted octanol–water partition coefficient (Wildman–Crippen LogP) is 4.27. The summed E-state index contributed by atoms with van der Waals surface area (Å²) in [5.41, 5.74) is 1.27. The fourth-order valence-corrected chi connectivity index (χ4v) is 3.54. The average molecular weight is 406 g/mol. The van der Waals surface area contributed by atoms with Gasteiger partial charge in [-0.05, 0) is 44.2 Å². The number of carbonyl (C=O) groups is 1. The number of rotatable bonds is 6. The summed E-state index contributed by atoms with van der Waals surface area (Å²) in [6, 6.07) is 7.55. The number of hydrogen-bond acceptors (Lipinski definition) is 5. The van der Waals surface area contributed by atoms with Crippen molar-refractivity contribution in [3.05, 3.63) is 53.6 Å². The zero-order chi connectivity index (χ0) is 19.4. The van der Waals surface area contributed by atoms with Crippen LogP contribution in [0.4, 0.5) is 10.1 Å². The average Bonchev–Trinajstić information content (AvgIpc) is 3.07. The molecule has 0 radical (unpaired) electrons. The van der Waals surface area contributed by atoms with Crippen molar-refractivity contribution < 1.29 is 9.18 Å². The lowest BCUT2D eigenvalue weighted by Gasteiger charge is -2.13. The summed E-state index contributed by atoms with van der Waals surface area (Å²) >= 11 is 7.26. The van der Waals surface area contributed by atoms with Crippen molar-refractivity contribution in [3.63, 3.8) is 0 Å². The van der Waals surface area contributed by atoms with Gasteiger partial charge in [-0.3, -0.25) is 9.78 Å². The Balaban J connectivity index is 1.75. The molecule has 2 heterocycles. The molecular weight excluding hydrogens is 389 g/mol.